The Hall–Kier alpha value is -1.47. The molecule has 3 heterocycles. The van der Waals surface area contributed by atoms with Crippen molar-refractivity contribution in [3.05, 3.63) is 38.9 Å². The molecule has 1 N–H and O–H groups in total. The van der Waals surface area contributed by atoms with Crippen molar-refractivity contribution < 1.29 is 0 Å². The molecule has 0 aliphatic carbocycles. The number of aromatic nitrogens is 4. The molecule has 0 unspecified atom stereocenters. The molecule has 0 amide bonds. The first-order valence-electron chi connectivity index (χ1n) is 5.87. The van der Waals surface area contributed by atoms with Crippen LogP contribution in [0.5, 0.6) is 0 Å². The molecular formula is C12H12BrN5S. The smallest absolute Gasteiger partial charge is 0.243 e. The molecule has 0 atom stereocenters. The van der Waals surface area contributed by atoms with Gasteiger partial charge in [0.1, 0.15) is 0 Å². The minimum atomic E-state index is 0.644. The number of halogens is 1. The van der Waals surface area contributed by atoms with E-state index in [0.717, 1.165) is 33.8 Å². The zero-order valence-corrected chi connectivity index (χ0v) is 12.7. The molecule has 3 aromatic heterocycles. The Labute approximate surface area is 122 Å². The lowest BCUT2D eigenvalue weighted by Crippen LogP contribution is -2.06. The molecule has 98 valence electrons. The predicted molar refractivity (Wildman–Crippen MR) is 79.7 cm³/mol. The van der Waals surface area contributed by atoms with Gasteiger partial charge in [0.05, 0.1) is 10.7 Å². The van der Waals surface area contributed by atoms with E-state index in [1.54, 1.807) is 15.9 Å². The Morgan fingerprint density at radius 3 is 3.05 bits per heavy atom. The molecule has 0 spiro atoms. The third kappa shape index (κ3) is 2.93. The number of nitrogens with one attached hydrogen (secondary N) is 1. The maximum absolute atomic E-state index is 4.42. The molecule has 0 aromatic carbocycles. The van der Waals surface area contributed by atoms with Gasteiger partial charge in [0, 0.05) is 29.0 Å². The van der Waals surface area contributed by atoms with Gasteiger partial charge in [0.2, 0.25) is 5.95 Å². The number of aryl methyl sites for hydroxylation is 1. The van der Waals surface area contributed by atoms with Crippen LogP contribution in [-0.2, 0) is 6.42 Å². The topological polar surface area (TPSA) is 55.1 Å². The Kier molecular flexibility index (Phi) is 3.48. The van der Waals surface area contributed by atoms with Crippen LogP contribution in [-0.4, -0.2) is 26.1 Å². The molecule has 19 heavy (non-hydrogen) atoms. The molecule has 0 fully saturated rings. The van der Waals surface area contributed by atoms with Crippen LogP contribution in [0.15, 0.2) is 28.2 Å². The minimum Gasteiger partial charge on any atom is -0.353 e. The summed E-state index contributed by atoms with van der Waals surface area (Å²) in [7, 11) is 0. The van der Waals surface area contributed by atoms with E-state index < -0.39 is 0 Å². The lowest BCUT2D eigenvalue weighted by Gasteiger charge is -1.98. The molecule has 7 heteroatoms. The molecular weight excluding hydrogens is 326 g/mol. The van der Waals surface area contributed by atoms with Gasteiger partial charge < -0.3 is 5.32 Å². The second kappa shape index (κ2) is 5.26. The summed E-state index contributed by atoms with van der Waals surface area (Å²) in [6.45, 7) is 2.80. The lowest BCUT2D eigenvalue weighted by atomic mass is 10.3. The summed E-state index contributed by atoms with van der Waals surface area (Å²) in [4.78, 5) is 8.81. The summed E-state index contributed by atoms with van der Waals surface area (Å²) in [5.41, 5.74) is 1.94. The van der Waals surface area contributed by atoms with Gasteiger partial charge in [0.15, 0.2) is 5.65 Å². The third-order valence-electron chi connectivity index (χ3n) is 2.63. The number of hydrogen-bond donors (Lipinski definition) is 1. The summed E-state index contributed by atoms with van der Waals surface area (Å²) in [5.74, 6) is 0.644. The summed E-state index contributed by atoms with van der Waals surface area (Å²) in [5, 5.41) is 10.8. The van der Waals surface area contributed by atoms with Crippen molar-refractivity contribution in [1.29, 1.82) is 0 Å². The van der Waals surface area contributed by atoms with Crippen LogP contribution in [0.4, 0.5) is 5.95 Å². The van der Waals surface area contributed by atoms with Gasteiger partial charge in [-0.05, 0) is 35.0 Å². The van der Waals surface area contributed by atoms with E-state index >= 15 is 0 Å². The average Bonchev–Trinajstić information content (AvgIpc) is 2.95. The maximum Gasteiger partial charge on any atom is 0.243 e. The quantitative estimate of drug-likeness (QED) is 0.795. The van der Waals surface area contributed by atoms with Crippen LogP contribution in [0.1, 0.15) is 10.7 Å². The van der Waals surface area contributed by atoms with Crippen molar-refractivity contribution in [3.8, 4) is 0 Å². The van der Waals surface area contributed by atoms with Gasteiger partial charge in [0.25, 0.3) is 0 Å². The summed E-state index contributed by atoms with van der Waals surface area (Å²) >= 11 is 5.09. The third-order valence-corrected chi connectivity index (χ3v) is 3.92. The first-order chi connectivity index (χ1) is 9.20. The molecule has 0 bridgehead atoms. The van der Waals surface area contributed by atoms with Crippen LogP contribution in [0.3, 0.4) is 0 Å². The fourth-order valence-electron chi connectivity index (χ4n) is 1.76. The number of thiazole rings is 1. The number of fused-ring (bicyclic) bond motifs is 1. The molecule has 3 rings (SSSR count). The van der Waals surface area contributed by atoms with Gasteiger partial charge in [-0.25, -0.2) is 9.50 Å². The maximum atomic E-state index is 4.42. The second-order valence-corrected chi connectivity index (χ2v) is 6.10. The monoisotopic (exact) mass is 337 g/mol. The van der Waals surface area contributed by atoms with Crippen LogP contribution < -0.4 is 5.32 Å². The second-order valence-electron chi connectivity index (χ2n) is 4.12. The largest absolute Gasteiger partial charge is 0.353 e. The van der Waals surface area contributed by atoms with E-state index in [-0.39, 0.29) is 0 Å². The summed E-state index contributed by atoms with van der Waals surface area (Å²) < 4.78 is 2.73. The number of anilines is 1. The van der Waals surface area contributed by atoms with Crippen molar-refractivity contribution in [1.82, 2.24) is 19.6 Å². The standard InChI is InChI=1S/C12H12BrN5S/c1-8-15-10(7-19-8)4-5-14-12-16-11-3-2-9(13)6-18(11)17-12/h2-3,6-7H,4-5H2,1H3,(H,14,17). The number of nitrogens with zero attached hydrogens (tertiary/aromatic N) is 4. The van der Waals surface area contributed by atoms with Gasteiger partial charge in [-0.15, -0.1) is 16.4 Å². The van der Waals surface area contributed by atoms with Crippen molar-refractivity contribution >= 4 is 38.9 Å². The number of rotatable bonds is 4. The fourth-order valence-corrected chi connectivity index (χ4v) is 2.73. The van der Waals surface area contributed by atoms with E-state index in [9.17, 15) is 0 Å². The zero-order chi connectivity index (χ0) is 13.2. The molecule has 3 aromatic rings. The SMILES string of the molecule is Cc1nc(CCNc2nc3ccc(Br)cn3n2)cs1. The summed E-state index contributed by atoms with van der Waals surface area (Å²) in [6, 6.07) is 3.87. The first kappa shape index (κ1) is 12.6. The van der Waals surface area contributed by atoms with Gasteiger partial charge in [-0.3, -0.25) is 0 Å². The predicted octanol–water partition coefficient (Wildman–Crippen LogP) is 2.91. The van der Waals surface area contributed by atoms with Crippen molar-refractivity contribution in [2.45, 2.75) is 13.3 Å². The average molecular weight is 338 g/mol. The van der Waals surface area contributed by atoms with Crippen molar-refractivity contribution in [2.24, 2.45) is 0 Å². The Morgan fingerprint density at radius 1 is 1.37 bits per heavy atom. The van der Waals surface area contributed by atoms with Gasteiger partial charge >= 0.3 is 0 Å². The molecule has 0 radical (unpaired) electrons. The van der Waals surface area contributed by atoms with Crippen LogP contribution in [0.25, 0.3) is 5.65 Å². The molecule has 0 aliphatic heterocycles. The lowest BCUT2D eigenvalue weighted by molar-refractivity contribution is 0.921. The van der Waals surface area contributed by atoms with Crippen molar-refractivity contribution in [3.63, 3.8) is 0 Å². The Morgan fingerprint density at radius 2 is 2.26 bits per heavy atom. The highest BCUT2D eigenvalue weighted by Crippen LogP contribution is 2.12. The Bertz CT molecular complexity index is 705. The fraction of sp³-hybridized carbons (Fsp3) is 0.250. The summed E-state index contributed by atoms with van der Waals surface area (Å²) in [6.07, 6.45) is 2.76. The number of hydrogen-bond acceptors (Lipinski definition) is 5. The molecule has 0 aliphatic rings. The molecule has 0 saturated carbocycles. The highest BCUT2D eigenvalue weighted by Gasteiger charge is 2.04. The highest BCUT2D eigenvalue weighted by molar-refractivity contribution is 9.10. The first-order valence-corrected chi connectivity index (χ1v) is 7.55. The van der Waals surface area contributed by atoms with Gasteiger partial charge in [-0.2, -0.15) is 4.98 Å². The van der Waals surface area contributed by atoms with E-state index in [4.69, 9.17) is 0 Å². The molecule has 5 nitrogen and oxygen atoms in total. The number of pyridine rings is 1. The van der Waals surface area contributed by atoms with E-state index in [2.05, 4.69) is 41.7 Å². The zero-order valence-electron chi connectivity index (χ0n) is 10.3. The van der Waals surface area contributed by atoms with E-state index in [0.29, 0.717) is 5.95 Å². The minimum absolute atomic E-state index is 0.644. The van der Waals surface area contributed by atoms with Crippen LogP contribution >= 0.6 is 27.3 Å². The van der Waals surface area contributed by atoms with Gasteiger partial charge in [-0.1, -0.05) is 0 Å². The Balaban J connectivity index is 1.65. The molecule has 0 saturated heterocycles. The van der Waals surface area contributed by atoms with E-state index in [1.165, 1.54) is 0 Å². The van der Waals surface area contributed by atoms with Crippen LogP contribution in [0, 0.1) is 6.92 Å². The van der Waals surface area contributed by atoms with Crippen LogP contribution in [0.2, 0.25) is 0 Å². The highest BCUT2D eigenvalue weighted by atomic mass is 79.9. The normalized spacial score (nSPS) is 11.1. The van der Waals surface area contributed by atoms with E-state index in [1.807, 2.05) is 25.3 Å². The van der Waals surface area contributed by atoms with Crippen molar-refractivity contribution in [2.75, 3.05) is 11.9 Å².